The Morgan fingerprint density at radius 3 is 2.60 bits per heavy atom. The fourth-order valence-corrected chi connectivity index (χ4v) is 3.08. The third-order valence-corrected chi connectivity index (χ3v) is 4.87. The number of aromatic nitrogens is 5. The number of hydrazone groups is 1. The molecule has 2 heterocycles. The molecule has 0 saturated heterocycles. The Bertz CT molecular complexity index is 1180. The summed E-state index contributed by atoms with van der Waals surface area (Å²) in [4.78, 5) is 14.1. The van der Waals surface area contributed by atoms with Crippen LogP contribution in [0.2, 0.25) is 0 Å². The van der Waals surface area contributed by atoms with E-state index in [2.05, 4.69) is 35.8 Å². The second-order valence-corrected chi connectivity index (χ2v) is 6.89. The van der Waals surface area contributed by atoms with E-state index in [1.807, 2.05) is 60.9 Å². The van der Waals surface area contributed by atoms with Gasteiger partial charge in [-0.2, -0.15) is 9.78 Å². The maximum Gasteiger partial charge on any atom is 0.292 e. The van der Waals surface area contributed by atoms with E-state index in [-0.39, 0.29) is 17.3 Å². The van der Waals surface area contributed by atoms with Crippen molar-refractivity contribution in [1.82, 2.24) is 30.7 Å². The molecule has 4 aromatic rings. The highest BCUT2D eigenvalue weighted by molar-refractivity contribution is 7.98. The van der Waals surface area contributed by atoms with Crippen LogP contribution in [0.3, 0.4) is 0 Å². The number of nitrogens with two attached hydrogens (primary N) is 1. The van der Waals surface area contributed by atoms with Gasteiger partial charge in [0.2, 0.25) is 11.6 Å². The fourth-order valence-electron chi connectivity index (χ4n) is 2.67. The van der Waals surface area contributed by atoms with Crippen molar-refractivity contribution in [3.05, 3.63) is 65.9 Å². The molecule has 11 heteroatoms. The molecule has 0 aliphatic heterocycles. The van der Waals surface area contributed by atoms with Crippen LogP contribution in [0, 0.1) is 0 Å². The monoisotopic (exact) mass is 420 g/mol. The molecule has 2 aromatic heterocycles. The molecule has 3 N–H and O–H groups in total. The lowest BCUT2D eigenvalue weighted by molar-refractivity contribution is 0.0948. The molecular formula is C19H16N8O2S. The van der Waals surface area contributed by atoms with Gasteiger partial charge in [-0.15, -0.1) is 16.9 Å². The molecule has 2 aromatic carbocycles. The van der Waals surface area contributed by atoms with Crippen LogP contribution in [0.25, 0.3) is 17.1 Å². The zero-order chi connectivity index (χ0) is 20.9. The zero-order valence-electron chi connectivity index (χ0n) is 15.8. The molecule has 0 bridgehead atoms. The average Bonchev–Trinajstić information content (AvgIpc) is 3.40. The molecule has 4 rings (SSSR count). The minimum Gasteiger partial charge on any atom is -0.378 e. The van der Waals surface area contributed by atoms with E-state index in [0.29, 0.717) is 11.3 Å². The van der Waals surface area contributed by atoms with Crippen LogP contribution in [-0.4, -0.2) is 43.7 Å². The van der Waals surface area contributed by atoms with E-state index in [4.69, 9.17) is 5.73 Å². The fraction of sp³-hybridized carbons (Fsp3) is 0.0526. The second kappa shape index (κ2) is 8.57. The second-order valence-electron chi connectivity index (χ2n) is 6.01. The number of carbonyl (C=O) groups is 1. The number of amides is 1. The van der Waals surface area contributed by atoms with Gasteiger partial charge in [0.25, 0.3) is 5.91 Å². The van der Waals surface area contributed by atoms with Gasteiger partial charge in [0.05, 0.1) is 6.21 Å². The lowest BCUT2D eigenvalue weighted by Crippen LogP contribution is -2.22. The van der Waals surface area contributed by atoms with E-state index in [9.17, 15) is 4.79 Å². The van der Waals surface area contributed by atoms with Crippen molar-refractivity contribution in [3.8, 4) is 17.1 Å². The topological polar surface area (TPSA) is 137 Å². The summed E-state index contributed by atoms with van der Waals surface area (Å²) >= 11 is 1.65. The molecule has 0 unspecified atom stereocenters. The summed E-state index contributed by atoms with van der Waals surface area (Å²) in [7, 11) is 0. The predicted octanol–water partition coefficient (Wildman–Crippen LogP) is 2.39. The number of anilines is 1. The highest BCUT2D eigenvalue weighted by atomic mass is 32.2. The summed E-state index contributed by atoms with van der Waals surface area (Å²) in [6.45, 7) is 0. The highest BCUT2D eigenvalue weighted by Crippen LogP contribution is 2.24. The van der Waals surface area contributed by atoms with Gasteiger partial charge in [-0.05, 0) is 34.3 Å². The molecule has 0 aliphatic carbocycles. The largest absolute Gasteiger partial charge is 0.378 e. The van der Waals surface area contributed by atoms with Gasteiger partial charge in [-0.25, -0.2) is 10.1 Å². The zero-order valence-corrected chi connectivity index (χ0v) is 16.6. The molecule has 30 heavy (non-hydrogen) atoms. The van der Waals surface area contributed by atoms with Crippen LogP contribution in [0.15, 0.2) is 69.2 Å². The van der Waals surface area contributed by atoms with Gasteiger partial charge >= 0.3 is 0 Å². The van der Waals surface area contributed by atoms with E-state index in [1.54, 1.807) is 18.0 Å². The van der Waals surface area contributed by atoms with Crippen molar-refractivity contribution in [2.75, 3.05) is 12.0 Å². The number of rotatable bonds is 6. The number of thioether (sulfide) groups is 1. The normalized spacial score (nSPS) is 11.1. The van der Waals surface area contributed by atoms with Crippen LogP contribution < -0.4 is 11.2 Å². The van der Waals surface area contributed by atoms with Crippen molar-refractivity contribution < 1.29 is 9.42 Å². The summed E-state index contributed by atoms with van der Waals surface area (Å²) in [5.41, 5.74) is 10.2. The van der Waals surface area contributed by atoms with Crippen molar-refractivity contribution in [2.45, 2.75) is 4.90 Å². The molecule has 1 amide bonds. The number of carbonyl (C=O) groups excluding carboxylic acids is 1. The third kappa shape index (κ3) is 3.91. The van der Waals surface area contributed by atoms with Crippen LogP contribution in [0.4, 0.5) is 5.82 Å². The average molecular weight is 420 g/mol. The molecule has 0 saturated carbocycles. The molecule has 0 spiro atoms. The lowest BCUT2D eigenvalue weighted by atomic mass is 10.1. The first-order valence-corrected chi connectivity index (χ1v) is 9.97. The number of benzene rings is 2. The molecule has 0 radical (unpaired) electrons. The predicted molar refractivity (Wildman–Crippen MR) is 112 cm³/mol. The molecule has 0 aliphatic rings. The maximum atomic E-state index is 13.0. The minimum atomic E-state index is -0.543. The van der Waals surface area contributed by atoms with Gasteiger partial charge < -0.3 is 5.73 Å². The van der Waals surface area contributed by atoms with Gasteiger partial charge in [0.1, 0.15) is 5.69 Å². The first kappa shape index (κ1) is 19.3. The number of hydrogen-bond donors (Lipinski definition) is 2. The van der Waals surface area contributed by atoms with Crippen LogP contribution in [0.1, 0.15) is 16.1 Å². The lowest BCUT2D eigenvalue weighted by Gasteiger charge is -2.05. The quantitative estimate of drug-likeness (QED) is 0.275. The molecular weight excluding hydrogens is 404 g/mol. The van der Waals surface area contributed by atoms with Gasteiger partial charge in [0, 0.05) is 10.5 Å². The van der Waals surface area contributed by atoms with Crippen LogP contribution in [0.5, 0.6) is 0 Å². The summed E-state index contributed by atoms with van der Waals surface area (Å²) in [5.74, 6) is -0.504. The first-order valence-electron chi connectivity index (χ1n) is 8.74. The Morgan fingerprint density at radius 1 is 1.17 bits per heavy atom. The first-order chi connectivity index (χ1) is 14.7. The summed E-state index contributed by atoms with van der Waals surface area (Å²) in [5, 5.41) is 19.4. The number of nitrogen functional groups attached to an aromatic ring is 1. The summed E-state index contributed by atoms with van der Waals surface area (Å²) < 4.78 is 5.80. The minimum absolute atomic E-state index is 0.0223. The smallest absolute Gasteiger partial charge is 0.292 e. The van der Waals surface area contributed by atoms with Crippen molar-refractivity contribution in [1.29, 1.82) is 0 Å². The van der Waals surface area contributed by atoms with Crippen molar-refractivity contribution in [3.63, 3.8) is 0 Å². The van der Waals surface area contributed by atoms with Crippen molar-refractivity contribution >= 4 is 29.7 Å². The molecule has 10 nitrogen and oxygen atoms in total. The van der Waals surface area contributed by atoms with Gasteiger partial charge in [-0.1, -0.05) is 47.7 Å². The summed E-state index contributed by atoms with van der Waals surface area (Å²) in [6, 6.07) is 16.9. The van der Waals surface area contributed by atoms with Crippen molar-refractivity contribution in [2.24, 2.45) is 5.10 Å². The Kier molecular flexibility index (Phi) is 5.52. The summed E-state index contributed by atoms with van der Waals surface area (Å²) in [6.07, 6.45) is 3.55. The van der Waals surface area contributed by atoms with E-state index >= 15 is 0 Å². The van der Waals surface area contributed by atoms with Gasteiger partial charge in [0.15, 0.2) is 5.69 Å². The van der Waals surface area contributed by atoms with Crippen LogP contribution in [-0.2, 0) is 0 Å². The SMILES string of the molecule is CSc1ccc(/C=N/NC(=O)c2c(-c3ccccc3)nnn2-c2nonc2N)cc1. The Labute approximate surface area is 175 Å². The van der Waals surface area contributed by atoms with E-state index in [1.165, 1.54) is 4.68 Å². The Morgan fingerprint density at radius 2 is 1.93 bits per heavy atom. The molecule has 150 valence electrons. The van der Waals surface area contributed by atoms with Gasteiger partial charge in [-0.3, -0.25) is 4.79 Å². The van der Waals surface area contributed by atoms with E-state index in [0.717, 1.165) is 10.5 Å². The Balaban J connectivity index is 1.65. The molecule has 0 fully saturated rings. The number of nitrogens with one attached hydrogen (secondary N) is 1. The number of hydrogen-bond acceptors (Lipinski definition) is 9. The Hall–Kier alpha value is -3.99. The van der Waals surface area contributed by atoms with E-state index < -0.39 is 5.91 Å². The molecule has 0 atom stereocenters. The van der Waals surface area contributed by atoms with Crippen LogP contribution >= 0.6 is 11.8 Å². The standard InChI is InChI=1S/C19H16N8O2S/c1-30-14-9-7-12(8-10-14)11-21-23-19(28)16-15(13-5-3-2-4-6-13)22-26-27(16)18-17(20)24-29-25-18/h2-11H,1H3,(H2,20,24)(H,23,28)/b21-11+. The highest BCUT2D eigenvalue weighted by Gasteiger charge is 2.25. The maximum absolute atomic E-state index is 13.0. The third-order valence-electron chi connectivity index (χ3n) is 4.12. The number of nitrogens with zero attached hydrogens (tertiary/aromatic N) is 6.